The topological polar surface area (TPSA) is 21.3 Å². The van der Waals surface area contributed by atoms with Crippen LogP contribution < -0.4 is 10.1 Å². The Kier molecular flexibility index (Phi) is 4.87. The maximum absolute atomic E-state index is 5.31. The van der Waals surface area contributed by atoms with E-state index < -0.39 is 0 Å². The lowest BCUT2D eigenvalue weighted by molar-refractivity contribution is 0.196. The number of hydrogen-bond donors (Lipinski definition) is 1. The SMILES string of the molecule is COc1cccc([C@@H](C)NC2C(C)CCCC2C)c1. The summed E-state index contributed by atoms with van der Waals surface area (Å²) in [5.41, 5.74) is 1.31. The molecule has 2 nitrogen and oxygen atoms in total. The first-order chi connectivity index (χ1) is 9.11. The van der Waals surface area contributed by atoms with E-state index in [4.69, 9.17) is 4.74 Å². The largest absolute Gasteiger partial charge is 0.497 e. The summed E-state index contributed by atoms with van der Waals surface area (Å²) in [6.45, 7) is 7.01. The van der Waals surface area contributed by atoms with Crippen molar-refractivity contribution in [3.63, 3.8) is 0 Å². The van der Waals surface area contributed by atoms with E-state index in [1.165, 1.54) is 24.8 Å². The highest BCUT2D eigenvalue weighted by Crippen LogP contribution is 2.31. The molecule has 19 heavy (non-hydrogen) atoms. The second kappa shape index (κ2) is 6.42. The minimum absolute atomic E-state index is 0.378. The van der Waals surface area contributed by atoms with E-state index in [0.717, 1.165) is 17.6 Å². The van der Waals surface area contributed by atoms with Gasteiger partial charge < -0.3 is 10.1 Å². The molecule has 0 aromatic heterocycles. The molecule has 0 bridgehead atoms. The summed E-state index contributed by atoms with van der Waals surface area (Å²) in [6.07, 6.45) is 4.09. The van der Waals surface area contributed by atoms with E-state index in [-0.39, 0.29) is 0 Å². The Labute approximate surface area is 117 Å². The van der Waals surface area contributed by atoms with Crippen LogP contribution >= 0.6 is 0 Å². The third kappa shape index (κ3) is 3.50. The molecule has 0 aliphatic heterocycles. The molecular formula is C17H27NO. The summed E-state index contributed by atoms with van der Waals surface area (Å²) in [5.74, 6) is 2.49. The van der Waals surface area contributed by atoms with Crippen molar-refractivity contribution in [1.82, 2.24) is 5.32 Å². The summed E-state index contributed by atoms with van der Waals surface area (Å²) in [7, 11) is 1.72. The Hall–Kier alpha value is -1.02. The van der Waals surface area contributed by atoms with Crippen LogP contribution in [0.25, 0.3) is 0 Å². The lowest BCUT2D eigenvalue weighted by Gasteiger charge is -2.37. The van der Waals surface area contributed by atoms with Gasteiger partial charge in [-0.05, 0) is 49.3 Å². The molecule has 2 rings (SSSR count). The molecule has 1 N–H and O–H groups in total. The van der Waals surface area contributed by atoms with Crippen LogP contribution in [0.15, 0.2) is 24.3 Å². The number of nitrogens with one attached hydrogen (secondary N) is 1. The van der Waals surface area contributed by atoms with Crippen LogP contribution in [0.4, 0.5) is 0 Å². The molecule has 0 spiro atoms. The Morgan fingerprint density at radius 2 is 1.89 bits per heavy atom. The van der Waals surface area contributed by atoms with Crippen LogP contribution in [0.1, 0.15) is 51.6 Å². The minimum Gasteiger partial charge on any atom is -0.497 e. The Balaban J connectivity index is 2.04. The van der Waals surface area contributed by atoms with Crippen LogP contribution in [-0.4, -0.2) is 13.2 Å². The number of benzene rings is 1. The zero-order valence-electron chi connectivity index (χ0n) is 12.6. The summed E-state index contributed by atoms with van der Waals surface area (Å²) in [4.78, 5) is 0. The molecule has 3 atom stereocenters. The molecule has 2 unspecified atom stereocenters. The van der Waals surface area contributed by atoms with Gasteiger partial charge >= 0.3 is 0 Å². The fourth-order valence-electron chi connectivity index (χ4n) is 3.31. The van der Waals surface area contributed by atoms with Crippen LogP contribution in [-0.2, 0) is 0 Å². The monoisotopic (exact) mass is 261 g/mol. The third-order valence-corrected chi connectivity index (χ3v) is 4.58. The highest BCUT2D eigenvalue weighted by Gasteiger charge is 2.28. The van der Waals surface area contributed by atoms with Crippen LogP contribution in [0.2, 0.25) is 0 Å². The summed E-state index contributed by atoms with van der Waals surface area (Å²) in [5, 5.41) is 3.83. The first-order valence-electron chi connectivity index (χ1n) is 7.51. The molecule has 0 saturated heterocycles. The Morgan fingerprint density at radius 1 is 1.21 bits per heavy atom. The zero-order chi connectivity index (χ0) is 13.8. The van der Waals surface area contributed by atoms with Gasteiger partial charge in [-0.15, -0.1) is 0 Å². The van der Waals surface area contributed by atoms with Crippen molar-refractivity contribution in [2.45, 2.75) is 52.1 Å². The molecule has 0 amide bonds. The highest BCUT2D eigenvalue weighted by molar-refractivity contribution is 5.30. The van der Waals surface area contributed by atoms with Gasteiger partial charge in [-0.3, -0.25) is 0 Å². The van der Waals surface area contributed by atoms with Gasteiger partial charge in [-0.1, -0.05) is 32.4 Å². The van der Waals surface area contributed by atoms with Gasteiger partial charge in [0.25, 0.3) is 0 Å². The average Bonchev–Trinajstić information content (AvgIpc) is 2.43. The van der Waals surface area contributed by atoms with Crippen molar-refractivity contribution < 1.29 is 4.74 Å². The highest BCUT2D eigenvalue weighted by atomic mass is 16.5. The summed E-state index contributed by atoms with van der Waals surface area (Å²) < 4.78 is 5.31. The maximum atomic E-state index is 5.31. The molecule has 0 heterocycles. The lowest BCUT2D eigenvalue weighted by Crippen LogP contribution is -2.43. The van der Waals surface area contributed by atoms with Gasteiger partial charge in [0, 0.05) is 12.1 Å². The van der Waals surface area contributed by atoms with Crippen molar-refractivity contribution in [1.29, 1.82) is 0 Å². The fourth-order valence-corrected chi connectivity index (χ4v) is 3.31. The van der Waals surface area contributed by atoms with E-state index in [9.17, 15) is 0 Å². The van der Waals surface area contributed by atoms with Crippen molar-refractivity contribution in [3.05, 3.63) is 29.8 Å². The molecule has 0 radical (unpaired) electrons. The lowest BCUT2D eigenvalue weighted by atomic mass is 9.78. The second-order valence-corrected chi connectivity index (χ2v) is 6.08. The fraction of sp³-hybridized carbons (Fsp3) is 0.647. The maximum Gasteiger partial charge on any atom is 0.119 e. The molecule has 2 heteroatoms. The van der Waals surface area contributed by atoms with Gasteiger partial charge in [0.05, 0.1) is 7.11 Å². The normalized spacial score (nSPS) is 28.9. The molecule has 1 aliphatic rings. The molecule has 1 saturated carbocycles. The first-order valence-corrected chi connectivity index (χ1v) is 7.51. The van der Waals surface area contributed by atoms with Crippen molar-refractivity contribution in [2.75, 3.05) is 7.11 Å². The van der Waals surface area contributed by atoms with Gasteiger partial charge in [0.1, 0.15) is 5.75 Å². The first kappa shape index (κ1) is 14.4. The summed E-state index contributed by atoms with van der Waals surface area (Å²) >= 11 is 0. The minimum atomic E-state index is 0.378. The van der Waals surface area contributed by atoms with Crippen LogP contribution in [0.5, 0.6) is 5.75 Å². The van der Waals surface area contributed by atoms with Crippen LogP contribution in [0.3, 0.4) is 0 Å². The second-order valence-electron chi connectivity index (χ2n) is 6.08. The van der Waals surface area contributed by atoms with Gasteiger partial charge in [-0.25, -0.2) is 0 Å². The molecule has 1 aliphatic carbocycles. The summed E-state index contributed by atoms with van der Waals surface area (Å²) in [6, 6.07) is 9.40. The predicted octanol–water partition coefficient (Wildman–Crippen LogP) is 4.17. The third-order valence-electron chi connectivity index (χ3n) is 4.58. The van der Waals surface area contributed by atoms with E-state index in [2.05, 4.69) is 44.3 Å². The molecule has 106 valence electrons. The number of hydrogen-bond acceptors (Lipinski definition) is 2. The Bertz CT molecular complexity index is 394. The standard InChI is InChI=1S/C17H27NO/c1-12-7-5-8-13(2)17(12)18-14(3)15-9-6-10-16(11-15)19-4/h6,9-14,17-18H,5,7-8H2,1-4H3/t12?,13?,14-,17?/m1/s1. The van der Waals surface area contributed by atoms with Gasteiger partial charge in [-0.2, -0.15) is 0 Å². The zero-order valence-corrected chi connectivity index (χ0v) is 12.6. The smallest absolute Gasteiger partial charge is 0.119 e. The van der Waals surface area contributed by atoms with E-state index in [0.29, 0.717) is 12.1 Å². The van der Waals surface area contributed by atoms with E-state index in [1.54, 1.807) is 7.11 Å². The Morgan fingerprint density at radius 3 is 2.53 bits per heavy atom. The van der Waals surface area contributed by atoms with Gasteiger partial charge in [0.2, 0.25) is 0 Å². The van der Waals surface area contributed by atoms with Crippen molar-refractivity contribution >= 4 is 0 Å². The molecule has 1 aromatic carbocycles. The molecular weight excluding hydrogens is 234 g/mol. The molecule has 1 aromatic rings. The van der Waals surface area contributed by atoms with E-state index in [1.807, 2.05) is 6.07 Å². The van der Waals surface area contributed by atoms with Crippen molar-refractivity contribution in [2.24, 2.45) is 11.8 Å². The van der Waals surface area contributed by atoms with E-state index >= 15 is 0 Å². The number of methoxy groups -OCH3 is 1. The number of ether oxygens (including phenoxy) is 1. The quantitative estimate of drug-likeness (QED) is 0.878. The molecule has 1 fully saturated rings. The van der Waals surface area contributed by atoms with Crippen molar-refractivity contribution in [3.8, 4) is 5.75 Å². The predicted molar refractivity (Wildman–Crippen MR) is 80.5 cm³/mol. The average molecular weight is 261 g/mol. The van der Waals surface area contributed by atoms with Crippen LogP contribution in [0, 0.1) is 11.8 Å². The number of rotatable bonds is 4. The van der Waals surface area contributed by atoms with Gasteiger partial charge in [0.15, 0.2) is 0 Å².